The quantitative estimate of drug-likeness (QED) is 0.769. The van der Waals surface area contributed by atoms with Gasteiger partial charge in [0.2, 0.25) is 5.91 Å². The third-order valence-corrected chi connectivity index (χ3v) is 4.34. The monoisotopic (exact) mass is 407 g/mol. The Bertz CT molecular complexity index is 727. The van der Waals surface area contributed by atoms with Crippen LogP contribution in [0.15, 0.2) is 45.3 Å². The number of imide groups is 1. The standard InChI is InChI=1S/C18H22BrN3O3/c1-4-20-18(24)21-17(23)12(2)22(3)11-15-9-10-16(25-15)13-5-7-14(19)8-6-13/h5-10,12H,4,11H2,1-3H3,(H2,20,21,23,24). The summed E-state index contributed by atoms with van der Waals surface area (Å²) >= 11 is 3.41. The molecule has 2 aromatic rings. The van der Waals surface area contributed by atoms with Gasteiger partial charge in [0.15, 0.2) is 0 Å². The Hall–Kier alpha value is -2.12. The van der Waals surface area contributed by atoms with E-state index in [2.05, 4.69) is 26.6 Å². The van der Waals surface area contributed by atoms with Crippen LogP contribution >= 0.6 is 15.9 Å². The maximum atomic E-state index is 12.1. The van der Waals surface area contributed by atoms with E-state index in [1.54, 1.807) is 13.8 Å². The van der Waals surface area contributed by atoms with Crippen LogP contribution in [-0.2, 0) is 11.3 Å². The molecule has 0 saturated heterocycles. The first-order valence-corrected chi connectivity index (χ1v) is 8.83. The molecular formula is C18H22BrN3O3. The predicted octanol–water partition coefficient (Wildman–Crippen LogP) is 3.38. The van der Waals surface area contributed by atoms with Crippen LogP contribution in [0, 0.1) is 0 Å². The van der Waals surface area contributed by atoms with Gasteiger partial charge < -0.3 is 9.73 Å². The molecule has 1 heterocycles. The largest absolute Gasteiger partial charge is 0.460 e. The average Bonchev–Trinajstić information content (AvgIpc) is 3.03. The Balaban J connectivity index is 1.96. The van der Waals surface area contributed by atoms with E-state index in [1.165, 1.54) is 0 Å². The van der Waals surface area contributed by atoms with Crippen molar-refractivity contribution in [1.29, 1.82) is 0 Å². The molecule has 1 aromatic heterocycles. The van der Waals surface area contributed by atoms with Crippen molar-refractivity contribution < 1.29 is 14.0 Å². The predicted molar refractivity (Wildman–Crippen MR) is 100.0 cm³/mol. The van der Waals surface area contributed by atoms with Gasteiger partial charge in [0.1, 0.15) is 11.5 Å². The Labute approximate surface area is 155 Å². The third kappa shape index (κ3) is 5.44. The number of carbonyl (C=O) groups excluding carboxylic acids is 2. The van der Waals surface area contributed by atoms with E-state index in [1.807, 2.05) is 48.3 Å². The van der Waals surface area contributed by atoms with Crippen molar-refractivity contribution in [2.45, 2.75) is 26.4 Å². The smallest absolute Gasteiger partial charge is 0.321 e. The summed E-state index contributed by atoms with van der Waals surface area (Å²) in [5, 5.41) is 4.85. The molecule has 0 radical (unpaired) electrons. The van der Waals surface area contributed by atoms with Crippen molar-refractivity contribution in [3.05, 3.63) is 46.6 Å². The number of furan rings is 1. The Morgan fingerprint density at radius 3 is 2.52 bits per heavy atom. The van der Waals surface area contributed by atoms with E-state index >= 15 is 0 Å². The van der Waals surface area contributed by atoms with Crippen molar-refractivity contribution in [2.24, 2.45) is 0 Å². The molecule has 134 valence electrons. The van der Waals surface area contributed by atoms with Crippen LogP contribution in [-0.4, -0.2) is 36.5 Å². The minimum atomic E-state index is -0.483. The summed E-state index contributed by atoms with van der Waals surface area (Å²) in [4.78, 5) is 25.3. The fraction of sp³-hybridized carbons (Fsp3) is 0.333. The van der Waals surface area contributed by atoms with Gasteiger partial charge in [0.25, 0.3) is 0 Å². The van der Waals surface area contributed by atoms with Crippen LogP contribution in [0.1, 0.15) is 19.6 Å². The van der Waals surface area contributed by atoms with E-state index in [4.69, 9.17) is 4.42 Å². The lowest BCUT2D eigenvalue weighted by atomic mass is 10.2. The first-order valence-electron chi connectivity index (χ1n) is 8.04. The summed E-state index contributed by atoms with van der Waals surface area (Å²) < 4.78 is 6.87. The Morgan fingerprint density at radius 2 is 1.88 bits per heavy atom. The van der Waals surface area contributed by atoms with Crippen LogP contribution in [0.2, 0.25) is 0 Å². The first kappa shape index (κ1) is 19.2. The number of hydrogen-bond acceptors (Lipinski definition) is 4. The molecule has 2 N–H and O–H groups in total. The molecule has 0 bridgehead atoms. The molecule has 6 nitrogen and oxygen atoms in total. The van der Waals surface area contributed by atoms with Gasteiger partial charge >= 0.3 is 6.03 Å². The van der Waals surface area contributed by atoms with Crippen molar-refractivity contribution >= 4 is 27.9 Å². The molecule has 1 atom stereocenters. The van der Waals surface area contributed by atoms with E-state index in [0.29, 0.717) is 13.1 Å². The van der Waals surface area contributed by atoms with Crippen LogP contribution in [0.5, 0.6) is 0 Å². The van der Waals surface area contributed by atoms with E-state index in [9.17, 15) is 9.59 Å². The Morgan fingerprint density at radius 1 is 1.20 bits per heavy atom. The summed E-state index contributed by atoms with van der Waals surface area (Å²) in [6.45, 7) is 4.46. The van der Waals surface area contributed by atoms with E-state index in [0.717, 1.165) is 21.6 Å². The molecule has 2 rings (SSSR count). The zero-order chi connectivity index (χ0) is 18.4. The number of hydrogen-bond donors (Lipinski definition) is 2. The Kier molecular flexibility index (Phi) is 6.78. The van der Waals surface area contributed by atoms with Crippen molar-refractivity contribution in [3.63, 3.8) is 0 Å². The number of halogens is 1. The molecule has 0 spiro atoms. The normalized spacial score (nSPS) is 12.0. The minimum Gasteiger partial charge on any atom is -0.460 e. The highest BCUT2D eigenvalue weighted by Gasteiger charge is 2.21. The average molecular weight is 408 g/mol. The number of carbonyl (C=O) groups is 2. The molecule has 0 aliphatic carbocycles. The second-order valence-corrected chi connectivity index (χ2v) is 6.63. The molecule has 7 heteroatoms. The number of nitrogens with zero attached hydrogens (tertiary/aromatic N) is 1. The molecule has 1 aromatic carbocycles. The van der Waals surface area contributed by atoms with Crippen LogP contribution in [0.3, 0.4) is 0 Å². The summed E-state index contributed by atoms with van der Waals surface area (Å²) in [6.07, 6.45) is 0. The highest BCUT2D eigenvalue weighted by atomic mass is 79.9. The van der Waals surface area contributed by atoms with Gasteiger partial charge in [-0.2, -0.15) is 0 Å². The van der Waals surface area contributed by atoms with Gasteiger partial charge in [0.05, 0.1) is 12.6 Å². The molecule has 0 aliphatic rings. The van der Waals surface area contributed by atoms with E-state index in [-0.39, 0.29) is 5.91 Å². The topological polar surface area (TPSA) is 74.6 Å². The second-order valence-electron chi connectivity index (χ2n) is 5.71. The fourth-order valence-electron chi connectivity index (χ4n) is 2.24. The number of nitrogens with one attached hydrogen (secondary N) is 2. The second kappa shape index (κ2) is 8.82. The van der Waals surface area contributed by atoms with Crippen molar-refractivity contribution in [3.8, 4) is 11.3 Å². The maximum Gasteiger partial charge on any atom is 0.321 e. The lowest BCUT2D eigenvalue weighted by molar-refractivity contribution is -0.124. The van der Waals surface area contributed by atoms with Crippen molar-refractivity contribution in [2.75, 3.05) is 13.6 Å². The van der Waals surface area contributed by atoms with Crippen LogP contribution < -0.4 is 10.6 Å². The molecule has 3 amide bonds. The fourth-order valence-corrected chi connectivity index (χ4v) is 2.50. The number of amides is 3. The zero-order valence-electron chi connectivity index (χ0n) is 14.5. The summed E-state index contributed by atoms with van der Waals surface area (Å²) in [7, 11) is 1.81. The van der Waals surface area contributed by atoms with Gasteiger partial charge in [-0.25, -0.2) is 4.79 Å². The number of rotatable bonds is 6. The number of benzene rings is 1. The van der Waals surface area contributed by atoms with Crippen molar-refractivity contribution in [1.82, 2.24) is 15.5 Å². The van der Waals surface area contributed by atoms with Gasteiger partial charge in [-0.15, -0.1) is 0 Å². The van der Waals surface area contributed by atoms with Gasteiger partial charge in [-0.3, -0.25) is 15.0 Å². The van der Waals surface area contributed by atoms with Gasteiger partial charge in [0, 0.05) is 16.6 Å². The third-order valence-electron chi connectivity index (χ3n) is 3.81. The van der Waals surface area contributed by atoms with Gasteiger partial charge in [-0.05, 0) is 45.2 Å². The van der Waals surface area contributed by atoms with Crippen LogP contribution in [0.4, 0.5) is 4.79 Å². The molecule has 0 fully saturated rings. The summed E-state index contributed by atoms with van der Waals surface area (Å²) in [5.74, 6) is 1.17. The molecule has 0 aliphatic heterocycles. The highest BCUT2D eigenvalue weighted by Crippen LogP contribution is 2.24. The molecular weight excluding hydrogens is 386 g/mol. The maximum absolute atomic E-state index is 12.1. The van der Waals surface area contributed by atoms with Crippen LogP contribution in [0.25, 0.3) is 11.3 Å². The van der Waals surface area contributed by atoms with E-state index < -0.39 is 12.1 Å². The molecule has 0 saturated carbocycles. The molecule has 1 unspecified atom stereocenters. The lowest BCUT2D eigenvalue weighted by Crippen LogP contribution is -2.48. The minimum absolute atomic E-state index is 0.354. The van der Waals surface area contributed by atoms with Gasteiger partial charge in [-0.1, -0.05) is 28.1 Å². The first-order chi connectivity index (χ1) is 11.9. The lowest BCUT2D eigenvalue weighted by Gasteiger charge is -2.22. The molecule has 25 heavy (non-hydrogen) atoms. The summed E-state index contributed by atoms with van der Waals surface area (Å²) in [5.41, 5.74) is 0.985. The highest BCUT2D eigenvalue weighted by molar-refractivity contribution is 9.10. The number of likely N-dealkylation sites (N-methyl/N-ethyl adjacent to an activating group) is 1. The summed E-state index contributed by atoms with van der Waals surface area (Å²) in [6, 6.07) is 10.7. The number of urea groups is 1. The zero-order valence-corrected chi connectivity index (χ0v) is 16.1. The SMILES string of the molecule is CCNC(=O)NC(=O)C(C)N(C)Cc1ccc(-c2ccc(Br)cc2)o1.